The number of carbonyl (C=O) groups excluding carboxylic acids is 2. The van der Waals surface area contributed by atoms with Crippen LogP contribution in [0.25, 0.3) is 5.65 Å². The molecule has 0 unspecified atom stereocenters. The molecule has 0 bridgehead atoms. The zero-order chi connectivity index (χ0) is 14.0. The largest absolute Gasteiger partial charge is 0.462 e. The van der Waals surface area contributed by atoms with Crippen molar-refractivity contribution in [1.29, 1.82) is 0 Å². The van der Waals surface area contributed by atoms with E-state index in [1.54, 1.807) is 6.92 Å². The van der Waals surface area contributed by atoms with Crippen LogP contribution in [0.15, 0.2) is 6.20 Å². The Bertz CT molecular complexity index is 650. The number of esters is 1. The minimum Gasteiger partial charge on any atom is -0.462 e. The van der Waals surface area contributed by atoms with Gasteiger partial charge in [0.2, 0.25) is 5.91 Å². The van der Waals surface area contributed by atoms with E-state index in [4.69, 9.17) is 10.5 Å². The molecule has 0 atom stereocenters. The van der Waals surface area contributed by atoms with Gasteiger partial charge in [0.15, 0.2) is 17.3 Å². The van der Waals surface area contributed by atoms with Crippen molar-refractivity contribution in [2.24, 2.45) is 0 Å². The van der Waals surface area contributed by atoms with Gasteiger partial charge in [-0.3, -0.25) is 4.79 Å². The minimum atomic E-state index is -0.557. The SMILES string of the molecule is CCOC(=O)c1cnn2c(N)c(NC(C)=O)nnc12. The summed E-state index contributed by atoms with van der Waals surface area (Å²) in [5, 5.41) is 13.9. The number of amides is 1. The van der Waals surface area contributed by atoms with Gasteiger partial charge in [-0.2, -0.15) is 9.61 Å². The van der Waals surface area contributed by atoms with Gasteiger partial charge in [0, 0.05) is 6.92 Å². The summed E-state index contributed by atoms with van der Waals surface area (Å²) in [7, 11) is 0. The molecule has 0 aromatic carbocycles. The van der Waals surface area contributed by atoms with Gasteiger partial charge < -0.3 is 15.8 Å². The van der Waals surface area contributed by atoms with Crippen molar-refractivity contribution in [2.75, 3.05) is 17.7 Å². The quantitative estimate of drug-likeness (QED) is 0.738. The number of carbonyl (C=O) groups is 2. The molecule has 1 amide bonds. The van der Waals surface area contributed by atoms with E-state index in [-0.39, 0.29) is 35.4 Å². The van der Waals surface area contributed by atoms with E-state index in [1.165, 1.54) is 17.6 Å². The zero-order valence-electron chi connectivity index (χ0n) is 10.4. The number of hydrogen-bond acceptors (Lipinski definition) is 7. The Hall–Kier alpha value is -2.71. The van der Waals surface area contributed by atoms with Crippen LogP contribution in [0.1, 0.15) is 24.2 Å². The average molecular weight is 264 g/mol. The van der Waals surface area contributed by atoms with Gasteiger partial charge in [0.05, 0.1) is 12.8 Å². The Balaban J connectivity index is 2.49. The predicted octanol–water partition coefficient (Wildman–Crippen LogP) is -0.158. The number of hydrogen-bond donors (Lipinski definition) is 2. The van der Waals surface area contributed by atoms with Crippen molar-refractivity contribution < 1.29 is 14.3 Å². The molecule has 0 spiro atoms. The molecule has 2 aromatic heterocycles. The molecule has 0 saturated heterocycles. The highest BCUT2D eigenvalue weighted by molar-refractivity contribution is 5.96. The lowest BCUT2D eigenvalue weighted by Crippen LogP contribution is -2.14. The summed E-state index contributed by atoms with van der Waals surface area (Å²) in [5.74, 6) is -0.731. The van der Waals surface area contributed by atoms with Crippen molar-refractivity contribution >= 4 is 29.2 Å². The molecule has 0 aliphatic rings. The summed E-state index contributed by atoms with van der Waals surface area (Å²) in [6, 6.07) is 0. The maximum Gasteiger partial charge on any atom is 0.343 e. The lowest BCUT2D eigenvalue weighted by Gasteiger charge is -2.05. The number of nitrogen functional groups attached to an aromatic ring is 1. The second kappa shape index (κ2) is 4.88. The van der Waals surface area contributed by atoms with Gasteiger partial charge in [0.1, 0.15) is 5.56 Å². The van der Waals surface area contributed by atoms with Crippen molar-refractivity contribution in [2.45, 2.75) is 13.8 Å². The first-order valence-corrected chi connectivity index (χ1v) is 5.49. The number of aromatic nitrogens is 4. The molecule has 0 saturated carbocycles. The molecule has 2 rings (SSSR count). The molecular formula is C10H12N6O3. The van der Waals surface area contributed by atoms with Crippen LogP contribution < -0.4 is 11.1 Å². The molecule has 0 aliphatic heterocycles. The molecule has 2 aromatic rings. The van der Waals surface area contributed by atoms with Crippen molar-refractivity contribution in [3.63, 3.8) is 0 Å². The first-order valence-electron chi connectivity index (χ1n) is 5.49. The van der Waals surface area contributed by atoms with Gasteiger partial charge in [-0.1, -0.05) is 0 Å². The van der Waals surface area contributed by atoms with Crippen LogP contribution in [0.4, 0.5) is 11.6 Å². The van der Waals surface area contributed by atoms with Crippen LogP contribution in [0.2, 0.25) is 0 Å². The minimum absolute atomic E-state index is 0.0794. The molecule has 19 heavy (non-hydrogen) atoms. The predicted molar refractivity (Wildman–Crippen MR) is 65.5 cm³/mol. The number of fused-ring (bicyclic) bond motifs is 1. The Morgan fingerprint density at radius 1 is 1.47 bits per heavy atom. The van der Waals surface area contributed by atoms with Gasteiger partial charge in [-0.15, -0.1) is 10.2 Å². The van der Waals surface area contributed by atoms with E-state index in [2.05, 4.69) is 20.6 Å². The number of nitrogens with one attached hydrogen (secondary N) is 1. The summed E-state index contributed by atoms with van der Waals surface area (Å²) >= 11 is 0. The van der Waals surface area contributed by atoms with Gasteiger partial charge in [-0.05, 0) is 6.92 Å². The van der Waals surface area contributed by atoms with Crippen molar-refractivity contribution in [3.05, 3.63) is 11.8 Å². The van der Waals surface area contributed by atoms with Crippen LogP contribution in [-0.2, 0) is 9.53 Å². The van der Waals surface area contributed by atoms with Crippen LogP contribution in [0.3, 0.4) is 0 Å². The smallest absolute Gasteiger partial charge is 0.343 e. The molecule has 0 fully saturated rings. The number of ether oxygens (including phenoxy) is 1. The van der Waals surface area contributed by atoms with E-state index in [0.717, 1.165) is 0 Å². The summed E-state index contributed by atoms with van der Waals surface area (Å²) < 4.78 is 6.07. The fraction of sp³-hybridized carbons (Fsp3) is 0.300. The van der Waals surface area contributed by atoms with E-state index in [1.807, 2.05) is 0 Å². The maximum atomic E-state index is 11.6. The fourth-order valence-corrected chi connectivity index (χ4v) is 1.47. The van der Waals surface area contributed by atoms with E-state index in [9.17, 15) is 9.59 Å². The van der Waals surface area contributed by atoms with Gasteiger partial charge >= 0.3 is 5.97 Å². The molecule has 3 N–H and O–H groups in total. The number of nitrogens with zero attached hydrogens (tertiary/aromatic N) is 4. The summed E-state index contributed by atoms with van der Waals surface area (Å²) in [5.41, 5.74) is 6.12. The third-order valence-electron chi connectivity index (χ3n) is 2.25. The summed E-state index contributed by atoms with van der Waals surface area (Å²) in [6.45, 7) is 3.25. The van der Waals surface area contributed by atoms with Crippen LogP contribution in [0, 0.1) is 0 Å². The van der Waals surface area contributed by atoms with Crippen molar-refractivity contribution in [3.8, 4) is 0 Å². The third kappa shape index (κ3) is 2.30. The Morgan fingerprint density at radius 3 is 2.84 bits per heavy atom. The molecule has 9 heteroatoms. The average Bonchev–Trinajstić information content (AvgIpc) is 2.77. The molecule has 100 valence electrons. The molecule has 0 aliphatic carbocycles. The highest BCUT2D eigenvalue weighted by Crippen LogP contribution is 2.17. The second-order valence-corrected chi connectivity index (χ2v) is 3.63. The van der Waals surface area contributed by atoms with Gasteiger partial charge in [0.25, 0.3) is 0 Å². The van der Waals surface area contributed by atoms with E-state index >= 15 is 0 Å². The monoisotopic (exact) mass is 264 g/mol. The molecule has 0 radical (unpaired) electrons. The van der Waals surface area contributed by atoms with E-state index < -0.39 is 5.97 Å². The number of anilines is 2. The number of nitrogens with two attached hydrogens (primary N) is 1. The Morgan fingerprint density at radius 2 is 2.21 bits per heavy atom. The highest BCUT2D eigenvalue weighted by Gasteiger charge is 2.18. The van der Waals surface area contributed by atoms with Crippen LogP contribution in [-0.4, -0.2) is 38.3 Å². The lowest BCUT2D eigenvalue weighted by molar-refractivity contribution is -0.114. The standard InChI is InChI=1S/C10H12N6O3/c1-3-19-10(18)6-4-12-16-7(11)8(13-5(2)17)14-15-9(6)16/h4H,3,11H2,1-2H3,(H,13,17). The second-order valence-electron chi connectivity index (χ2n) is 3.63. The molecule has 2 heterocycles. The summed E-state index contributed by atoms with van der Waals surface area (Å²) in [6.07, 6.45) is 1.29. The Labute approximate surface area is 107 Å². The fourth-order valence-electron chi connectivity index (χ4n) is 1.47. The van der Waals surface area contributed by atoms with Gasteiger partial charge in [-0.25, -0.2) is 4.79 Å². The molecular weight excluding hydrogens is 252 g/mol. The maximum absolute atomic E-state index is 11.6. The van der Waals surface area contributed by atoms with Crippen LogP contribution in [0.5, 0.6) is 0 Å². The number of rotatable bonds is 3. The third-order valence-corrected chi connectivity index (χ3v) is 2.25. The lowest BCUT2D eigenvalue weighted by atomic mass is 10.3. The zero-order valence-corrected chi connectivity index (χ0v) is 10.4. The topological polar surface area (TPSA) is 124 Å². The summed E-state index contributed by atoms with van der Waals surface area (Å²) in [4.78, 5) is 22.6. The molecule has 9 nitrogen and oxygen atoms in total. The van der Waals surface area contributed by atoms with Crippen LogP contribution >= 0.6 is 0 Å². The normalized spacial score (nSPS) is 10.4. The van der Waals surface area contributed by atoms with Crippen molar-refractivity contribution in [1.82, 2.24) is 19.8 Å². The highest BCUT2D eigenvalue weighted by atomic mass is 16.5. The first-order chi connectivity index (χ1) is 9.04. The Kier molecular flexibility index (Phi) is 3.27. The van der Waals surface area contributed by atoms with E-state index in [0.29, 0.717) is 0 Å². The first kappa shape index (κ1) is 12.7.